The molecule has 2 atom stereocenters. The Morgan fingerprint density at radius 3 is 1.90 bits per heavy atom. The van der Waals surface area contributed by atoms with Crippen molar-refractivity contribution < 1.29 is 0 Å². The molecule has 0 aromatic heterocycles. The zero-order valence-corrected chi connectivity index (χ0v) is 12.9. The van der Waals surface area contributed by atoms with Crippen LogP contribution in [0.5, 0.6) is 0 Å². The minimum Gasteiger partial charge on any atom is -0.303 e. The first-order valence-corrected chi connectivity index (χ1v) is 7.45. The Balaban J connectivity index is 2.14. The lowest BCUT2D eigenvalue weighted by Crippen LogP contribution is -2.28. The molecule has 0 fully saturated rings. The molecule has 0 aliphatic rings. The normalized spacial score (nSPS) is 14.2. The molecule has 2 rings (SSSR count). The Bertz CT molecular complexity index is 513. The fraction of sp³-hybridized carbons (Fsp3) is 0.368. The maximum atomic E-state index is 3.77. The zero-order chi connectivity index (χ0) is 14.5. The summed E-state index contributed by atoms with van der Waals surface area (Å²) in [7, 11) is 0. The van der Waals surface area contributed by atoms with Gasteiger partial charge in [-0.2, -0.15) is 0 Å². The van der Waals surface area contributed by atoms with Gasteiger partial charge in [-0.15, -0.1) is 0 Å². The number of hydrogen-bond acceptors (Lipinski definition) is 1. The summed E-state index contributed by atoms with van der Waals surface area (Å²) in [4.78, 5) is 0. The highest BCUT2D eigenvalue weighted by atomic mass is 14.9. The van der Waals surface area contributed by atoms with E-state index in [1.165, 1.54) is 16.7 Å². The fourth-order valence-corrected chi connectivity index (χ4v) is 2.55. The first-order chi connectivity index (χ1) is 9.58. The topological polar surface area (TPSA) is 12.0 Å². The molecule has 0 saturated heterocycles. The van der Waals surface area contributed by atoms with Crippen molar-refractivity contribution in [2.75, 3.05) is 0 Å². The molecule has 1 nitrogen and oxygen atoms in total. The molecule has 0 radical (unpaired) electrons. The van der Waals surface area contributed by atoms with Crippen molar-refractivity contribution in [2.24, 2.45) is 5.92 Å². The monoisotopic (exact) mass is 267 g/mol. The quantitative estimate of drug-likeness (QED) is 0.800. The maximum Gasteiger partial charge on any atom is 0.0348 e. The van der Waals surface area contributed by atoms with Crippen molar-refractivity contribution in [1.82, 2.24) is 5.32 Å². The summed E-state index contributed by atoms with van der Waals surface area (Å²) in [5.74, 6) is 0.560. The molecular formula is C19H25N. The van der Waals surface area contributed by atoms with Crippen molar-refractivity contribution in [3.63, 3.8) is 0 Å². The summed E-state index contributed by atoms with van der Waals surface area (Å²) >= 11 is 0. The molecule has 0 bridgehead atoms. The van der Waals surface area contributed by atoms with Crippen molar-refractivity contribution in [2.45, 2.75) is 39.8 Å². The minimum atomic E-state index is 0.350. The van der Waals surface area contributed by atoms with E-state index >= 15 is 0 Å². The van der Waals surface area contributed by atoms with Gasteiger partial charge in [-0.3, -0.25) is 0 Å². The fourth-order valence-electron chi connectivity index (χ4n) is 2.55. The summed E-state index contributed by atoms with van der Waals surface area (Å²) in [5, 5.41) is 3.77. The smallest absolute Gasteiger partial charge is 0.0348 e. The molecular weight excluding hydrogens is 242 g/mol. The summed E-state index contributed by atoms with van der Waals surface area (Å²) in [6, 6.07) is 20.2. The predicted molar refractivity (Wildman–Crippen MR) is 86.8 cm³/mol. The maximum absolute atomic E-state index is 3.77. The van der Waals surface area contributed by atoms with Crippen LogP contribution < -0.4 is 5.32 Å². The Morgan fingerprint density at radius 1 is 0.750 bits per heavy atom. The highest BCUT2D eigenvalue weighted by Crippen LogP contribution is 2.25. The highest BCUT2D eigenvalue weighted by molar-refractivity contribution is 5.25. The third kappa shape index (κ3) is 3.71. The van der Waals surface area contributed by atoms with E-state index < -0.39 is 0 Å². The van der Waals surface area contributed by atoms with Gasteiger partial charge >= 0.3 is 0 Å². The van der Waals surface area contributed by atoms with Gasteiger partial charge in [0.2, 0.25) is 0 Å². The summed E-state index contributed by atoms with van der Waals surface area (Å²) in [6.45, 7) is 8.91. The van der Waals surface area contributed by atoms with Gasteiger partial charge in [0.25, 0.3) is 0 Å². The molecule has 0 heterocycles. The van der Waals surface area contributed by atoms with E-state index in [9.17, 15) is 0 Å². The van der Waals surface area contributed by atoms with E-state index in [2.05, 4.69) is 87.6 Å². The average molecular weight is 267 g/mol. The van der Waals surface area contributed by atoms with Crippen LogP contribution in [0, 0.1) is 12.8 Å². The molecule has 2 aromatic rings. The lowest BCUT2D eigenvalue weighted by molar-refractivity contribution is 0.374. The van der Waals surface area contributed by atoms with E-state index in [0.717, 1.165) is 0 Å². The van der Waals surface area contributed by atoms with Crippen LogP contribution in [0.1, 0.15) is 49.5 Å². The molecule has 1 N–H and O–H groups in total. The molecule has 0 aliphatic carbocycles. The van der Waals surface area contributed by atoms with Crippen molar-refractivity contribution in [1.29, 1.82) is 0 Å². The van der Waals surface area contributed by atoms with Gasteiger partial charge in [-0.1, -0.05) is 74.0 Å². The van der Waals surface area contributed by atoms with Gasteiger partial charge in [0.05, 0.1) is 0 Å². The number of nitrogens with one attached hydrogen (secondary N) is 1. The van der Waals surface area contributed by atoms with Crippen molar-refractivity contribution in [3.8, 4) is 0 Å². The number of rotatable bonds is 5. The van der Waals surface area contributed by atoms with Crippen LogP contribution in [-0.4, -0.2) is 0 Å². The van der Waals surface area contributed by atoms with Crippen LogP contribution in [-0.2, 0) is 0 Å². The summed E-state index contributed by atoms with van der Waals surface area (Å²) in [6.07, 6.45) is 0. The van der Waals surface area contributed by atoms with E-state index in [0.29, 0.717) is 18.0 Å². The molecule has 2 aromatic carbocycles. The highest BCUT2D eigenvalue weighted by Gasteiger charge is 2.18. The van der Waals surface area contributed by atoms with Crippen LogP contribution in [0.15, 0.2) is 54.6 Å². The second-order valence-electron chi connectivity index (χ2n) is 5.93. The Hall–Kier alpha value is -1.60. The molecule has 20 heavy (non-hydrogen) atoms. The SMILES string of the molecule is Cc1ccc(C(C)NC(c2ccccc2)C(C)C)cc1. The predicted octanol–water partition coefficient (Wildman–Crippen LogP) is 5.04. The van der Waals surface area contributed by atoms with E-state index in [-0.39, 0.29) is 0 Å². The molecule has 0 saturated carbocycles. The van der Waals surface area contributed by atoms with Gasteiger partial charge in [-0.25, -0.2) is 0 Å². The lowest BCUT2D eigenvalue weighted by Gasteiger charge is -2.27. The lowest BCUT2D eigenvalue weighted by atomic mass is 9.94. The molecule has 0 amide bonds. The van der Waals surface area contributed by atoms with Crippen LogP contribution in [0.2, 0.25) is 0 Å². The first kappa shape index (κ1) is 14.8. The standard InChI is InChI=1S/C19H25N/c1-14(2)19(18-8-6-5-7-9-18)20-16(4)17-12-10-15(3)11-13-17/h5-14,16,19-20H,1-4H3. The Kier molecular flexibility index (Phi) is 4.97. The zero-order valence-electron chi connectivity index (χ0n) is 12.9. The van der Waals surface area contributed by atoms with Crippen LogP contribution in [0.4, 0.5) is 0 Å². The second-order valence-corrected chi connectivity index (χ2v) is 5.93. The first-order valence-electron chi connectivity index (χ1n) is 7.45. The van der Waals surface area contributed by atoms with Crippen LogP contribution >= 0.6 is 0 Å². The minimum absolute atomic E-state index is 0.350. The van der Waals surface area contributed by atoms with E-state index in [4.69, 9.17) is 0 Å². The molecule has 106 valence electrons. The van der Waals surface area contributed by atoms with Gasteiger partial charge in [-0.05, 0) is 30.9 Å². The summed E-state index contributed by atoms with van der Waals surface area (Å²) < 4.78 is 0. The third-order valence-corrected chi connectivity index (χ3v) is 3.83. The Labute approximate surface area is 123 Å². The van der Waals surface area contributed by atoms with E-state index in [1.54, 1.807) is 0 Å². The van der Waals surface area contributed by atoms with E-state index in [1.807, 2.05) is 0 Å². The Morgan fingerprint density at radius 2 is 1.35 bits per heavy atom. The average Bonchev–Trinajstić information content (AvgIpc) is 2.46. The number of hydrogen-bond donors (Lipinski definition) is 1. The molecule has 2 unspecified atom stereocenters. The number of aryl methyl sites for hydroxylation is 1. The second kappa shape index (κ2) is 6.71. The van der Waals surface area contributed by atoms with Crippen LogP contribution in [0.3, 0.4) is 0 Å². The molecule has 1 heteroatoms. The summed E-state index contributed by atoms with van der Waals surface area (Å²) in [5.41, 5.74) is 4.02. The van der Waals surface area contributed by atoms with Gasteiger partial charge in [0.15, 0.2) is 0 Å². The largest absolute Gasteiger partial charge is 0.303 e. The van der Waals surface area contributed by atoms with Crippen molar-refractivity contribution in [3.05, 3.63) is 71.3 Å². The van der Waals surface area contributed by atoms with Gasteiger partial charge in [0.1, 0.15) is 0 Å². The van der Waals surface area contributed by atoms with Crippen LogP contribution in [0.25, 0.3) is 0 Å². The number of benzene rings is 2. The van der Waals surface area contributed by atoms with Gasteiger partial charge < -0.3 is 5.32 Å². The van der Waals surface area contributed by atoms with Gasteiger partial charge in [0, 0.05) is 12.1 Å². The molecule has 0 spiro atoms. The van der Waals surface area contributed by atoms with Crippen molar-refractivity contribution >= 4 is 0 Å². The third-order valence-electron chi connectivity index (χ3n) is 3.83. The molecule has 0 aliphatic heterocycles.